The number of anilines is 1. The first-order chi connectivity index (χ1) is 18.3. The normalized spacial score (nSPS) is 20.8. The molecule has 2 N–H and O–H groups in total. The molecule has 2 fully saturated rings. The van der Waals surface area contributed by atoms with E-state index in [9.17, 15) is 14.7 Å². The van der Waals surface area contributed by atoms with Gasteiger partial charge in [-0.25, -0.2) is 15.0 Å². The molecule has 0 spiro atoms. The highest BCUT2D eigenvalue weighted by molar-refractivity contribution is 9.10. The van der Waals surface area contributed by atoms with Crippen molar-refractivity contribution in [3.05, 3.63) is 64.9 Å². The van der Waals surface area contributed by atoms with E-state index < -0.39 is 12.1 Å². The first-order valence-electron chi connectivity index (χ1n) is 12.5. The summed E-state index contributed by atoms with van der Waals surface area (Å²) in [4.78, 5) is 41.3. The second-order valence-electron chi connectivity index (χ2n) is 9.92. The lowest BCUT2D eigenvalue weighted by Crippen LogP contribution is -2.46. The maximum atomic E-state index is 13.6. The third-order valence-corrected chi connectivity index (χ3v) is 7.68. The fourth-order valence-corrected chi connectivity index (χ4v) is 5.64. The Morgan fingerprint density at radius 3 is 2.68 bits per heavy atom. The number of amides is 2. The molecule has 38 heavy (non-hydrogen) atoms. The summed E-state index contributed by atoms with van der Waals surface area (Å²) in [5.41, 5.74) is 2.97. The predicted octanol–water partition coefficient (Wildman–Crippen LogP) is 3.64. The van der Waals surface area contributed by atoms with Crippen LogP contribution in [0.4, 0.5) is 5.82 Å². The van der Waals surface area contributed by atoms with Crippen molar-refractivity contribution >= 4 is 44.5 Å². The van der Waals surface area contributed by atoms with Crippen LogP contribution in [0.2, 0.25) is 0 Å². The smallest absolute Gasteiger partial charge is 0.248 e. The summed E-state index contributed by atoms with van der Waals surface area (Å²) < 4.78 is 2.24. The Bertz CT molecular complexity index is 1550. The van der Waals surface area contributed by atoms with Crippen LogP contribution in [0.25, 0.3) is 22.0 Å². The number of piperidine rings is 1. The average molecular weight is 576 g/mol. The molecule has 1 aliphatic carbocycles. The van der Waals surface area contributed by atoms with Gasteiger partial charge in [-0.2, -0.15) is 5.10 Å². The number of nitrogens with one attached hydrogen (secondary N) is 1. The van der Waals surface area contributed by atoms with Crippen molar-refractivity contribution < 1.29 is 14.7 Å². The Morgan fingerprint density at radius 2 is 1.95 bits per heavy atom. The van der Waals surface area contributed by atoms with E-state index in [1.165, 1.54) is 0 Å². The molecule has 4 atom stereocenters. The first kappa shape index (κ1) is 24.6. The number of fused-ring (bicyclic) bond motifs is 2. The number of aliphatic hydroxyl groups excluding tert-OH is 1. The number of aryl methyl sites for hydroxylation is 1. The van der Waals surface area contributed by atoms with Gasteiger partial charge in [0.1, 0.15) is 28.8 Å². The van der Waals surface area contributed by atoms with Gasteiger partial charge < -0.3 is 15.3 Å². The highest BCUT2D eigenvalue weighted by atomic mass is 79.9. The van der Waals surface area contributed by atoms with Crippen molar-refractivity contribution in [2.45, 2.75) is 51.4 Å². The number of pyridine rings is 1. The second kappa shape index (κ2) is 9.55. The van der Waals surface area contributed by atoms with E-state index in [4.69, 9.17) is 0 Å². The van der Waals surface area contributed by atoms with Crippen LogP contribution in [0.1, 0.15) is 37.4 Å². The molecule has 10 nitrogen and oxygen atoms in total. The minimum atomic E-state index is -0.825. The number of carbonyl (C=O) groups excluding carboxylic acids is 2. The van der Waals surface area contributed by atoms with Crippen molar-refractivity contribution in [3.8, 4) is 11.1 Å². The lowest BCUT2D eigenvalue weighted by atomic mass is 10.0. The van der Waals surface area contributed by atoms with Gasteiger partial charge in [0, 0.05) is 29.4 Å². The minimum absolute atomic E-state index is 0.0294. The number of rotatable bonds is 6. The van der Waals surface area contributed by atoms with Gasteiger partial charge in [-0.1, -0.05) is 12.1 Å². The number of aromatic nitrogens is 5. The number of nitrogens with zero attached hydrogens (tertiary/aromatic N) is 6. The Labute approximate surface area is 227 Å². The summed E-state index contributed by atoms with van der Waals surface area (Å²) >= 11 is 3.32. The van der Waals surface area contributed by atoms with E-state index in [0.717, 1.165) is 28.5 Å². The quantitative estimate of drug-likeness (QED) is 0.336. The van der Waals surface area contributed by atoms with Crippen molar-refractivity contribution in [1.82, 2.24) is 29.6 Å². The Hall–Kier alpha value is -3.70. The topological polar surface area (TPSA) is 126 Å². The molecule has 4 aromatic rings. The molecule has 1 saturated carbocycles. The van der Waals surface area contributed by atoms with Crippen LogP contribution in [-0.4, -0.2) is 58.6 Å². The molecular formula is C27H26BrN7O3. The molecule has 1 aromatic carbocycles. The number of likely N-dealkylation sites (tertiary alicyclic amines) is 1. The van der Waals surface area contributed by atoms with Crippen LogP contribution in [0.5, 0.6) is 0 Å². The van der Waals surface area contributed by atoms with Gasteiger partial charge >= 0.3 is 0 Å². The number of benzene rings is 1. The summed E-state index contributed by atoms with van der Waals surface area (Å²) in [5, 5.41) is 18.7. The number of aliphatic hydroxyl groups is 1. The summed E-state index contributed by atoms with van der Waals surface area (Å²) in [6.45, 7) is 3.45. The molecule has 194 valence electrons. The van der Waals surface area contributed by atoms with E-state index in [-0.39, 0.29) is 24.4 Å². The maximum Gasteiger partial charge on any atom is 0.248 e. The van der Waals surface area contributed by atoms with E-state index in [2.05, 4.69) is 41.3 Å². The van der Waals surface area contributed by atoms with E-state index >= 15 is 0 Å². The molecule has 4 heterocycles. The third-order valence-electron chi connectivity index (χ3n) is 7.24. The molecule has 2 amide bonds. The molecule has 2 unspecified atom stereocenters. The molecule has 11 heteroatoms. The van der Waals surface area contributed by atoms with Gasteiger partial charge in [0.25, 0.3) is 0 Å². The van der Waals surface area contributed by atoms with Crippen LogP contribution in [0, 0.1) is 12.8 Å². The molecule has 6 rings (SSSR count). The lowest BCUT2D eigenvalue weighted by Gasteiger charge is -2.26. The Balaban J connectivity index is 1.26. The third kappa shape index (κ3) is 4.56. The van der Waals surface area contributed by atoms with E-state index in [1.807, 2.05) is 25.1 Å². The average Bonchev–Trinajstić information content (AvgIpc) is 3.39. The molecule has 0 radical (unpaired) electrons. The Kier molecular flexibility index (Phi) is 6.19. The van der Waals surface area contributed by atoms with Crippen molar-refractivity contribution in [1.29, 1.82) is 0 Å². The van der Waals surface area contributed by atoms with Gasteiger partial charge in [0.15, 0.2) is 0 Å². The zero-order chi connectivity index (χ0) is 26.6. The largest absolute Gasteiger partial charge is 0.387 e. The Morgan fingerprint density at radius 1 is 1.16 bits per heavy atom. The van der Waals surface area contributed by atoms with Gasteiger partial charge in [-0.05, 0) is 78.4 Å². The fourth-order valence-electron chi connectivity index (χ4n) is 5.30. The second-order valence-corrected chi connectivity index (χ2v) is 10.7. The number of hydrogen-bond donors (Lipinski definition) is 2. The van der Waals surface area contributed by atoms with Crippen LogP contribution >= 0.6 is 15.9 Å². The van der Waals surface area contributed by atoms with E-state index in [0.29, 0.717) is 34.3 Å². The lowest BCUT2D eigenvalue weighted by molar-refractivity contribution is -0.138. The molecule has 3 aromatic heterocycles. The highest BCUT2D eigenvalue weighted by Gasteiger charge is 2.56. The van der Waals surface area contributed by atoms with Crippen molar-refractivity contribution in [2.24, 2.45) is 5.92 Å². The minimum Gasteiger partial charge on any atom is -0.387 e. The molecule has 1 saturated heterocycles. The SMILES string of the molecule is Cc1ncc(-c2ccc3c(c2)c(C(C)O)nn3CC(=O)N2[C@@H]3CC3C[C@H]2C(=O)Nc2cccc(Br)n2)cn1. The standard InChI is InChI=1S/C27H26BrN7O3/c1-14(36)26-19-8-16(18-11-29-15(2)30-12-18)6-7-20(19)34(33-26)13-25(37)35-21-9-17(21)10-22(35)27(38)32-24-5-3-4-23(28)31-24/h3-8,11-12,14,17,21-22,36H,9-10,13H2,1-2H3,(H,31,32,38)/t14?,17?,21-,22+/m1/s1. The van der Waals surface area contributed by atoms with Gasteiger partial charge in [-0.3, -0.25) is 14.3 Å². The summed E-state index contributed by atoms with van der Waals surface area (Å²) in [6, 6.07) is 10.6. The molecule has 2 aliphatic rings. The number of hydrogen-bond acceptors (Lipinski definition) is 7. The van der Waals surface area contributed by atoms with Crippen molar-refractivity contribution in [3.63, 3.8) is 0 Å². The van der Waals surface area contributed by atoms with Crippen molar-refractivity contribution in [2.75, 3.05) is 5.32 Å². The monoisotopic (exact) mass is 575 g/mol. The van der Waals surface area contributed by atoms with Gasteiger partial charge in [0.2, 0.25) is 11.8 Å². The van der Waals surface area contributed by atoms with E-state index in [1.54, 1.807) is 47.1 Å². The summed E-state index contributed by atoms with van der Waals surface area (Å²) in [6.07, 6.45) is 4.23. The predicted molar refractivity (Wildman–Crippen MR) is 144 cm³/mol. The highest BCUT2D eigenvalue weighted by Crippen LogP contribution is 2.48. The zero-order valence-corrected chi connectivity index (χ0v) is 22.5. The zero-order valence-electron chi connectivity index (χ0n) is 20.9. The number of halogens is 1. The van der Waals surface area contributed by atoms with Crippen LogP contribution in [0.3, 0.4) is 0 Å². The van der Waals surface area contributed by atoms with Gasteiger partial charge in [-0.15, -0.1) is 0 Å². The van der Waals surface area contributed by atoms with Crippen LogP contribution < -0.4 is 5.32 Å². The molecular weight excluding hydrogens is 550 g/mol. The molecule has 0 bridgehead atoms. The van der Waals surface area contributed by atoms with Crippen LogP contribution in [0.15, 0.2) is 53.4 Å². The maximum absolute atomic E-state index is 13.6. The van der Waals surface area contributed by atoms with Gasteiger partial charge in [0.05, 0.1) is 17.3 Å². The molecule has 1 aliphatic heterocycles. The first-order valence-corrected chi connectivity index (χ1v) is 13.3. The fraction of sp³-hybridized carbons (Fsp3) is 0.333. The summed E-state index contributed by atoms with van der Waals surface area (Å²) in [5.74, 6) is 1.05. The van der Waals surface area contributed by atoms with Crippen LogP contribution in [-0.2, 0) is 16.1 Å². The summed E-state index contributed by atoms with van der Waals surface area (Å²) in [7, 11) is 0. The number of carbonyl (C=O) groups is 2.